The van der Waals surface area contributed by atoms with Gasteiger partial charge in [-0.1, -0.05) is 23.7 Å². The van der Waals surface area contributed by atoms with Crippen molar-refractivity contribution in [2.45, 2.75) is 6.92 Å². The van der Waals surface area contributed by atoms with Crippen LogP contribution in [0.5, 0.6) is 0 Å². The van der Waals surface area contributed by atoms with Crippen molar-refractivity contribution >= 4 is 34.3 Å². The monoisotopic (exact) mass is 251 g/mol. The molecule has 0 atom stereocenters. The van der Waals surface area contributed by atoms with E-state index in [0.717, 1.165) is 0 Å². The van der Waals surface area contributed by atoms with Gasteiger partial charge in [-0.3, -0.25) is 4.79 Å². The molecule has 0 aliphatic heterocycles. The van der Waals surface area contributed by atoms with Gasteiger partial charge in [-0.05, 0) is 13.0 Å². The zero-order valence-electron chi connectivity index (χ0n) is 9.12. The third kappa shape index (κ3) is 2.03. The molecule has 0 amide bonds. The Balaban J connectivity index is 2.46. The maximum atomic E-state index is 11.8. The van der Waals surface area contributed by atoms with Gasteiger partial charge in [0.25, 0.3) is 5.78 Å². The second kappa shape index (κ2) is 4.59. The molecule has 0 unspecified atom stereocenters. The molecule has 0 bridgehead atoms. The van der Waals surface area contributed by atoms with Crippen molar-refractivity contribution < 1.29 is 14.3 Å². The highest BCUT2D eigenvalue weighted by Gasteiger charge is 2.21. The van der Waals surface area contributed by atoms with Crippen LogP contribution >= 0.6 is 11.6 Å². The zero-order chi connectivity index (χ0) is 12.4. The summed E-state index contributed by atoms with van der Waals surface area (Å²) in [4.78, 5) is 26.0. The maximum absolute atomic E-state index is 11.8. The average Bonchev–Trinajstić information content (AvgIpc) is 2.73. The fourth-order valence-electron chi connectivity index (χ4n) is 1.61. The van der Waals surface area contributed by atoms with Crippen molar-refractivity contribution in [2.75, 3.05) is 6.61 Å². The van der Waals surface area contributed by atoms with Gasteiger partial charge in [0.05, 0.1) is 22.7 Å². The van der Waals surface area contributed by atoms with Crippen LogP contribution in [-0.2, 0) is 9.53 Å². The van der Waals surface area contributed by atoms with E-state index in [1.165, 1.54) is 6.20 Å². The van der Waals surface area contributed by atoms with Crippen molar-refractivity contribution in [1.29, 1.82) is 0 Å². The van der Waals surface area contributed by atoms with Crippen molar-refractivity contribution in [1.82, 2.24) is 4.98 Å². The molecule has 0 spiro atoms. The second-order valence-corrected chi connectivity index (χ2v) is 3.82. The number of carbonyl (C=O) groups excluding carboxylic acids is 2. The zero-order valence-corrected chi connectivity index (χ0v) is 9.88. The van der Waals surface area contributed by atoms with Gasteiger partial charge in [0.15, 0.2) is 0 Å². The van der Waals surface area contributed by atoms with Crippen molar-refractivity contribution in [3.05, 3.63) is 35.0 Å². The van der Waals surface area contributed by atoms with E-state index < -0.39 is 11.8 Å². The molecule has 4 nitrogen and oxygen atoms in total. The van der Waals surface area contributed by atoms with E-state index in [1.54, 1.807) is 25.1 Å². The Kier molecular flexibility index (Phi) is 3.15. The highest BCUT2D eigenvalue weighted by Crippen LogP contribution is 2.25. The molecule has 1 N–H and O–H groups in total. The van der Waals surface area contributed by atoms with Crippen molar-refractivity contribution in [2.24, 2.45) is 0 Å². The van der Waals surface area contributed by atoms with E-state index in [1.807, 2.05) is 0 Å². The standard InChI is InChI=1S/C12H10ClNO3/c1-2-17-12(16)11(15)8-6-14-10-7(8)4-3-5-9(10)13/h3-6,14H,2H2,1H3. The lowest BCUT2D eigenvalue weighted by molar-refractivity contribution is -0.137. The number of para-hydroxylation sites is 1. The molecule has 5 heteroatoms. The van der Waals surface area contributed by atoms with Crippen LogP contribution in [-0.4, -0.2) is 23.3 Å². The first-order valence-electron chi connectivity index (χ1n) is 5.12. The molecule has 2 rings (SSSR count). The summed E-state index contributed by atoms with van der Waals surface area (Å²) in [5, 5.41) is 1.13. The summed E-state index contributed by atoms with van der Waals surface area (Å²) in [5.74, 6) is -1.52. The van der Waals surface area contributed by atoms with E-state index in [9.17, 15) is 9.59 Å². The van der Waals surface area contributed by atoms with Gasteiger partial charge < -0.3 is 9.72 Å². The van der Waals surface area contributed by atoms with Crippen LogP contribution in [0.2, 0.25) is 5.02 Å². The van der Waals surface area contributed by atoms with E-state index in [-0.39, 0.29) is 12.2 Å². The molecule has 0 radical (unpaired) electrons. The maximum Gasteiger partial charge on any atom is 0.379 e. The van der Waals surface area contributed by atoms with Gasteiger partial charge in [0.1, 0.15) is 0 Å². The minimum Gasteiger partial charge on any atom is -0.460 e. The van der Waals surface area contributed by atoms with Crippen LogP contribution in [0.3, 0.4) is 0 Å². The quantitative estimate of drug-likeness (QED) is 0.518. The molecule has 17 heavy (non-hydrogen) atoms. The Morgan fingerprint density at radius 2 is 2.18 bits per heavy atom. The lowest BCUT2D eigenvalue weighted by atomic mass is 10.1. The van der Waals surface area contributed by atoms with Crippen LogP contribution in [0.4, 0.5) is 0 Å². The fraction of sp³-hybridized carbons (Fsp3) is 0.167. The first-order valence-corrected chi connectivity index (χ1v) is 5.50. The molecule has 0 fully saturated rings. The number of esters is 1. The number of halogens is 1. The van der Waals surface area contributed by atoms with E-state index >= 15 is 0 Å². The molecule has 0 saturated carbocycles. The van der Waals surface area contributed by atoms with Gasteiger partial charge in [-0.15, -0.1) is 0 Å². The third-order valence-electron chi connectivity index (χ3n) is 2.37. The summed E-state index contributed by atoms with van der Waals surface area (Å²) in [6.45, 7) is 1.82. The smallest absolute Gasteiger partial charge is 0.379 e. The lowest BCUT2D eigenvalue weighted by Gasteiger charge is -1.99. The van der Waals surface area contributed by atoms with Gasteiger partial charge in [0, 0.05) is 11.6 Å². The number of hydrogen-bond acceptors (Lipinski definition) is 3. The number of ketones is 1. The summed E-state index contributed by atoms with van der Waals surface area (Å²) in [7, 11) is 0. The van der Waals surface area contributed by atoms with Crippen molar-refractivity contribution in [3.8, 4) is 0 Å². The van der Waals surface area contributed by atoms with Crippen LogP contribution in [0.1, 0.15) is 17.3 Å². The predicted molar refractivity (Wildman–Crippen MR) is 64.3 cm³/mol. The summed E-state index contributed by atoms with van der Waals surface area (Å²) in [6, 6.07) is 5.16. The SMILES string of the molecule is CCOC(=O)C(=O)c1c[nH]c2c(Cl)cccc12. The number of nitrogens with one attached hydrogen (secondary N) is 1. The number of Topliss-reactive ketones (excluding diaryl/α,β-unsaturated/α-hetero) is 1. The van der Waals surface area contributed by atoms with Gasteiger partial charge in [0.2, 0.25) is 0 Å². The molecule has 0 aliphatic rings. The predicted octanol–water partition coefficient (Wildman–Crippen LogP) is 2.57. The van der Waals surface area contributed by atoms with E-state index in [0.29, 0.717) is 15.9 Å². The number of fused-ring (bicyclic) bond motifs is 1. The Bertz CT molecular complexity index is 588. The molecule has 1 aromatic heterocycles. The number of rotatable bonds is 3. The normalized spacial score (nSPS) is 10.5. The number of ether oxygens (including phenoxy) is 1. The number of aromatic nitrogens is 1. The number of benzene rings is 1. The third-order valence-corrected chi connectivity index (χ3v) is 2.69. The fourth-order valence-corrected chi connectivity index (χ4v) is 1.84. The van der Waals surface area contributed by atoms with Gasteiger partial charge in [-0.25, -0.2) is 4.79 Å². The topological polar surface area (TPSA) is 59.2 Å². The Labute approximate surface area is 103 Å². The molecule has 1 heterocycles. The number of hydrogen-bond donors (Lipinski definition) is 1. The van der Waals surface area contributed by atoms with Crippen molar-refractivity contribution in [3.63, 3.8) is 0 Å². The van der Waals surface area contributed by atoms with Gasteiger partial charge in [-0.2, -0.15) is 0 Å². The molecule has 0 aliphatic carbocycles. The van der Waals surface area contributed by atoms with E-state index in [2.05, 4.69) is 9.72 Å². The number of carbonyl (C=O) groups is 2. The van der Waals surface area contributed by atoms with Crippen LogP contribution in [0.25, 0.3) is 10.9 Å². The number of aromatic amines is 1. The van der Waals surface area contributed by atoms with Crippen LogP contribution in [0.15, 0.2) is 24.4 Å². The number of H-pyrrole nitrogens is 1. The summed E-state index contributed by atoms with van der Waals surface area (Å²) >= 11 is 5.96. The lowest BCUT2D eigenvalue weighted by Crippen LogP contribution is -2.17. The summed E-state index contributed by atoms with van der Waals surface area (Å²) in [5.41, 5.74) is 0.919. The molecular weight excluding hydrogens is 242 g/mol. The minimum atomic E-state index is -0.853. The second-order valence-electron chi connectivity index (χ2n) is 3.41. The van der Waals surface area contributed by atoms with Crippen LogP contribution < -0.4 is 0 Å². The average molecular weight is 252 g/mol. The summed E-state index contributed by atoms with van der Waals surface area (Å²) in [6.07, 6.45) is 1.47. The summed E-state index contributed by atoms with van der Waals surface area (Å²) < 4.78 is 4.67. The highest BCUT2D eigenvalue weighted by atomic mass is 35.5. The Hall–Kier alpha value is -1.81. The molecule has 2 aromatic rings. The highest BCUT2D eigenvalue weighted by molar-refractivity contribution is 6.44. The largest absolute Gasteiger partial charge is 0.460 e. The Morgan fingerprint density at radius 3 is 2.88 bits per heavy atom. The minimum absolute atomic E-state index is 0.174. The molecule has 1 aromatic carbocycles. The first-order chi connectivity index (χ1) is 8.15. The molecule has 88 valence electrons. The Morgan fingerprint density at radius 1 is 1.41 bits per heavy atom. The molecular formula is C12H10ClNO3. The first kappa shape index (κ1) is 11.7. The van der Waals surface area contributed by atoms with Gasteiger partial charge >= 0.3 is 5.97 Å². The van der Waals surface area contributed by atoms with Crippen LogP contribution in [0, 0.1) is 0 Å². The van der Waals surface area contributed by atoms with E-state index in [4.69, 9.17) is 11.6 Å². The molecule has 0 saturated heterocycles.